The molecule has 0 aromatic heterocycles. The maximum Gasteiger partial charge on any atom is 2.00 e. The minimum Gasteiger partial charge on any atom is -1.00 e. The molecule has 0 rings (SSSR count). The minimum absolute atomic E-state index is 0. The molecule has 0 spiro atoms. The molecule has 0 aliphatic carbocycles. The summed E-state index contributed by atoms with van der Waals surface area (Å²) in [5.41, 5.74) is 0. The van der Waals surface area contributed by atoms with Crippen molar-refractivity contribution in [1.82, 2.24) is 0 Å². The Bertz CT molecular complexity index is 114. The third kappa shape index (κ3) is 23.3. The molecule has 0 aliphatic heterocycles. The third-order valence-electron chi connectivity index (χ3n) is 0.412. The van der Waals surface area contributed by atoms with Crippen molar-refractivity contribution in [2.75, 3.05) is 0 Å². The number of allylic oxidation sites excluding steroid dienone is 2. The van der Waals surface area contributed by atoms with Crippen LogP contribution in [0.5, 0.6) is 0 Å². The van der Waals surface area contributed by atoms with Crippen molar-refractivity contribution in [3.05, 3.63) is 11.8 Å². The van der Waals surface area contributed by atoms with Crippen LogP contribution in [-0.4, -0.2) is 70.7 Å². The fourth-order valence-corrected chi connectivity index (χ4v) is 0.294. The predicted octanol–water partition coefficient (Wildman–Crippen LogP) is -0.768. The van der Waals surface area contributed by atoms with E-state index in [0.29, 0.717) is 0 Å². The Labute approximate surface area is 103 Å². The molecule has 60 valence electrons. The van der Waals surface area contributed by atoms with Crippen LogP contribution in [0.25, 0.3) is 0 Å². The van der Waals surface area contributed by atoms with E-state index in [1.807, 2.05) is 0 Å². The van der Waals surface area contributed by atoms with E-state index in [1.54, 1.807) is 0 Å². The van der Waals surface area contributed by atoms with Crippen LogP contribution in [0, 0.1) is 0 Å². The Morgan fingerprint density at radius 3 is 1.70 bits per heavy atom. The molecule has 4 nitrogen and oxygen atoms in total. The monoisotopic (exact) mass is 276 g/mol. The molecule has 0 saturated carbocycles. The first-order chi connectivity index (χ1) is 3.13. The molecule has 0 aliphatic rings. The van der Waals surface area contributed by atoms with E-state index in [1.165, 1.54) is 19.9 Å². The molecule has 0 bridgehead atoms. The molecule has 0 unspecified atom stereocenters. The quantitative estimate of drug-likeness (QED) is 0.386. The Kier molecular flexibility index (Phi) is 27.8. The van der Waals surface area contributed by atoms with Crippen molar-refractivity contribution in [1.29, 1.82) is 0 Å². The standard InChI is InChI=1S/C5H8O2.Ba.2H2O.2H/c1-4(6)3-5(2)7;;;;;/h3,6H,1-2H3;;2*1H2;;/q;+2;;;2*-1/b4-3-;;;;;. The van der Waals surface area contributed by atoms with Crippen molar-refractivity contribution >= 4 is 54.7 Å². The van der Waals surface area contributed by atoms with Gasteiger partial charge < -0.3 is 18.9 Å². The number of rotatable bonds is 1. The van der Waals surface area contributed by atoms with Gasteiger partial charge in [-0.2, -0.15) is 0 Å². The molecule has 5 heteroatoms. The second-order valence-electron chi connectivity index (χ2n) is 1.40. The summed E-state index contributed by atoms with van der Waals surface area (Å²) >= 11 is 0. The Hall–Kier alpha value is 0.701. The van der Waals surface area contributed by atoms with E-state index in [0.717, 1.165) is 0 Å². The van der Waals surface area contributed by atoms with Gasteiger partial charge in [0, 0.05) is 6.08 Å². The average molecular weight is 275 g/mol. The first kappa shape index (κ1) is 22.4. The third-order valence-corrected chi connectivity index (χ3v) is 0.412. The van der Waals surface area contributed by atoms with E-state index in [-0.39, 0.29) is 74.2 Å². The van der Waals surface area contributed by atoms with Crippen LogP contribution in [0.15, 0.2) is 11.8 Å². The molecule has 10 heavy (non-hydrogen) atoms. The summed E-state index contributed by atoms with van der Waals surface area (Å²) in [5, 5.41) is 8.36. The predicted molar refractivity (Wildman–Crippen MR) is 42.3 cm³/mol. The molecule has 0 amide bonds. The van der Waals surface area contributed by atoms with Crippen molar-refractivity contribution in [2.45, 2.75) is 13.8 Å². The topological polar surface area (TPSA) is 100 Å². The zero-order valence-corrected chi connectivity index (χ0v) is 10.6. The van der Waals surface area contributed by atoms with E-state index >= 15 is 0 Å². The molecule has 0 heterocycles. The van der Waals surface area contributed by atoms with Gasteiger partial charge in [0.25, 0.3) is 0 Å². The van der Waals surface area contributed by atoms with Crippen LogP contribution in [0.4, 0.5) is 0 Å². The SMILES string of the molecule is CC(=O)/C=C(/C)O.O.O.[Ba+2].[H-].[H-]. The normalized spacial score (nSPS) is 8.00. The summed E-state index contributed by atoms with van der Waals surface area (Å²) in [6, 6.07) is 0. The van der Waals surface area contributed by atoms with Crippen molar-refractivity contribution in [3.8, 4) is 0 Å². The van der Waals surface area contributed by atoms with Gasteiger partial charge in [-0.15, -0.1) is 0 Å². The van der Waals surface area contributed by atoms with Crippen LogP contribution in [0.3, 0.4) is 0 Å². The van der Waals surface area contributed by atoms with Crippen LogP contribution in [0.1, 0.15) is 16.7 Å². The van der Waals surface area contributed by atoms with Gasteiger partial charge in [0.05, 0.1) is 5.76 Å². The average Bonchev–Trinajstić information content (AvgIpc) is 1.27. The van der Waals surface area contributed by atoms with E-state index < -0.39 is 0 Å². The number of carbonyl (C=O) groups excluding carboxylic acids is 1. The summed E-state index contributed by atoms with van der Waals surface area (Å²) in [4.78, 5) is 10.0. The molecule has 0 aromatic carbocycles. The van der Waals surface area contributed by atoms with Crippen molar-refractivity contribution in [2.24, 2.45) is 0 Å². The van der Waals surface area contributed by atoms with Gasteiger partial charge in [-0.25, -0.2) is 0 Å². The van der Waals surface area contributed by atoms with Gasteiger partial charge in [0.15, 0.2) is 5.78 Å². The van der Waals surface area contributed by atoms with Gasteiger partial charge in [-0.1, -0.05) is 0 Å². The van der Waals surface area contributed by atoms with Gasteiger partial charge in [0.1, 0.15) is 0 Å². The molecular formula is C5H14BaO4. The molecule has 5 N–H and O–H groups in total. The van der Waals surface area contributed by atoms with Gasteiger partial charge in [0.2, 0.25) is 0 Å². The van der Waals surface area contributed by atoms with Crippen LogP contribution in [-0.2, 0) is 4.79 Å². The number of carbonyl (C=O) groups is 1. The molecule has 0 saturated heterocycles. The largest absolute Gasteiger partial charge is 2.00 e. The first-order valence-electron chi connectivity index (χ1n) is 2.01. The number of hydrogen-bond donors (Lipinski definition) is 1. The number of hydrogen-bond acceptors (Lipinski definition) is 2. The van der Waals surface area contributed by atoms with Gasteiger partial charge >= 0.3 is 48.9 Å². The summed E-state index contributed by atoms with van der Waals surface area (Å²) in [6.07, 6.45) is 1.17. The van der Waals surface area contributed by atoms with E-state index in [4.69, 9.17) is 5.11 Å². The fourth-order valence-electron chi connectivity index (χ4n) is 0.294. The summed E-state index contributed by atoms with van der Waals surface area (Å²) in [6.45, 7) is 2.85. The summed E-state index contributed by atoms with van der Waals surface area (Å²) < 4.78 is 0. The zero-order chi connectivity index (χ0) is 5.86. The van der Waals surface area contributed by atoms with Crippen LogP contribution < -0.4 is 0 Å². The minimum atomic E-state index is -0.125. The van der Waals surface area contributed by atoms with E-state index in [9.17, 15) is 4.79 Å². The molecule has 0 radical (unpaired) electrons. The van der Waals surface area contributed by atoms with Gasteiger partial charge in [-0.3, -0.25) is 4.79 Å². The maximum absolute atomic E-state index is 10.0. The maximum atomic E-state index is 10.0. The number of aliphatic hydroxyl groups excluding tert-OH is 1. The molecule has 0 fully saturated rings. The second kappa shape index (κ2) is 12.4. The summed E-state index contributed by atoms with van der Waals surface area (Å²) in [7, 11) is 0. The second-order valence-corrected chi connectivity index (χ2v) is 1.40. The Morgan fingerprint density at radius 2 is 1.70 bits per heavy atom. The molecule has 0 atom stereocenters. The number of ketones is 1. The summed E-state index contributed by atoms with van der Waals surface area (Å²) in [5.74, 6) is -0.0625. The Balaban J connectivity index is -0.0000000180. The van der Waals surface area contributed by atoms with Crippen molar-refractivity contribution < 1.29 is 23.7 Å². The molecule has 0 aromatic rings. The molecular weight excluding hydrogens is 261 g/mol. The zero-order valence-electron chi connectivity index (χ0n) is 8.14. The number of aliphatic hydroxyl groups is 1. The van der Waals surface area contributed by atoms with Crippen LogP contribution >= 0.6 is 0 Å². The smallest absolute Gasteiger partial charge is 1.00 e. The first-order valence-corrected chi connectivity index (χ1v) is 2.01. The Morgan fingerprint density at radius 1 is 1.40 bits per heavy atom. The van der Waals surface area contributed by atoms with Crippen molar-refractivity contribution in [3.63, 3.8) is 0 Å². The fraction of sp³-hybridized carbons (Fsp3) is 0.400. The van der Waals surface area contributed by atoms with Crippen LogP contribution in [0.2, 0.25) is 0 Å². The van der Waals surface area contributed by atoms with Gasteiger partial charge in [-0.05, 0) is 13.8 Å². The van der Waals surface area contributed by atoms with E-state index in [2.05, 4.69) is 0 Å².